The van der Waals surface area contributed by atoms with E-state index >= 15 is 0 Å². The summed E-state index contributed by atoms with van der Waals surface area (Å²) < 4.78 is 7.90. The van der Waals surface area contributed by atoms with Crippen molar-refractivity contribution in [3.8, 4) is 17.5 Å². The van der Waals surface area contributed by atoms with Gasteiger partial charge in [0.05, 0.1) is 11.8 Å². The number of thioether (sulfide) groups is 1. The predicted molar refractivity (Wildman–Crippen MR) is 132 cm³/mol. The number of aryl methyl sites for hydroxylation is 1. The van der Waals surface area contributed by atoms with E-state index in [1.165, 1.54) is 16.7 Å². The van der Waals surface area contributed by atoms with E-state index in [2.05, 4.69) is 16.3 Å². The number of ether oxygens (including phenoxy) is 1. The number of carbonyl (C=O) groups is 1. The number of hydrogen-bond donors (Lipinski definition) is 0. The summed E-state index contributed by atoms with van der Waals surface area (Å²) in [5.41, 5.74) is 2.60. The van der Waals surface area contributed by atoms with Gasteiger partial charge in [0.1, 0.15) is 18.9 Å². The Bertz CT molecular complexity index is 1290. The minimum atomic E-state index is -0.182. The largest absolute Gasteiger partial charge is 0.485 e. The molecule has 8 heteroatoms. The van der Waals surface area contributed by atoms with E-state index in [1.54, 1.807) is 0 Å². The third-order valence-electron chi connectivity index (χ3n) is 5.09. The highest BCUT2D eigenvalue weighted by atomic mass is 32.2. The summed E-state index contributed by atoms with van der Waals surface area (Å²) in [5.74, 6) is 1.34. The maximum Gasteiger partial charge on any atom is 0.238 e. The number of nitriles is 1. The zero-order chi connectivity index (χ0) is 23.8. The minimum Gasteiger partial charge on any atom is -0.485 e. The highest BCUT2D eigenvalue weighted by molar-refractivity contribution is 7.99. The van der Waals surface area contributed by atoms with Crippen molar-refractivity contribution >= 4 is 23.4 Å². The highest BCUT2D eigenvalue weighted by Gasteiger charge is 2.20. The molecule has 170 valence electrons. The number of nitrogens with zero attached hydrogens (tertiary/aromatic N) is 5. The standard InChI is InChI=1S/C26H23N5O2S/c1-20-10-8-9-15-23(20)33-18-24-28-29-26(31(24)22-13-6-3-7-14-22)34-19-25(32)30(17-16-27)21-11-4-2-5-12-21/h2-15H,17-19H2,1H3. The van der Waals surface area contributed by atoms with Gasteiger partial charge in [0.2, 0.25) is 5.91 Å². The first-order valence-electron chi connectivity index (χ1n) is 10.7. The van der Waals surface area contributed by atoms with Crippen LogP contribution in [0.15, 0.2) is 90.1 Å². The first kappa shape index (κ1) is 23.1. The first-order valence-corrected chi connectivity index (χ1v) is 11.7. The molecule has 1 amide bonds. The predicted octanol–water partition coefficient (Wildman–Crippen LogP) is 4.80. The third-order valence-corrected chi connectivity index (χ3v) is 6.00. The van der Waals surface area contributed by atoms with Crippen molar-refractivity contribution in [2.75, 3.05) is 17.2 Å². The summed E-state index contributed by atoms with van der Waals surface area (Å²) in [6.07, 6.45) is 0. The van der Waals surface area contributed by atoms with Gasteiger partial charge in [0.25, 0.3) is 0 Å². The fourth-order valence-electron chi connectivity index (χ4n) is 3.39. The fraction of sp³-hybridized carbons (Fsp3) is 0.154. The first-order chi connectivity index (χ1) is 16.7. The molecule has 0 radical (unpaired) electrons. The van der Waals surface area contributed by atoms with Crippen LogP contribution in [0.25, 0.3) is 5.69 Å². The molecule has 34 heavy (non-hydrogen) atoms. The Labute approximate surface area is 202 Å². The van der Waals surface area contributed by atoms with Crippen LogP contribution in [0.5, 0.6) is 5.75 Å². The van der Waals surface area contributed by atoms with Crippen LogP contribution in [0.2, 0.25) is 0 Å². The second kappa shape index (κ2) is 11.2. The van der Waals surface area contributed by atoms with Gasteiger partial charge < -0.3 is 4.74 Å². The van der Waals surface area contributed by atoms with Gasteiger partial charge >= 0.3 is 0 Å². The summed E-state index contributed by atoms with van der Waals surface area (Å²) in [7, 11) is 0. The van der Waals surface area contributed by atoms with E-state index < -0.39 is 0 Å². The Kier molecular flexibility index (Phi) is 7.58. The molecule has 0 bridgehead atoms. The van der Waals surface area contributed by atoms with Crippen LogP contribution in [-0.4, -0.2) is 33.0 Å². The molecule has 1 heterocycles. The molecule has 0 fully saturated rings. The SMILES string of the molecule is Cc1ccccc1OCc1nnc(SCC(=O)N(CC#N)c2ccccc2)n1-c1ccccc1. The molecule has 0 aliphatic rings. The molecule has 1 aromatic heterocycles. The van der Waals surface area contributed by atoms with Crippen molar-refractivity contribution < 1.29 is 9.53 Å². The molecule has 0 saturated carbocycles. The summed E-state index contributed by atoms with van der Waals surface area (Å²) in [6, 6.07) is 28.8. The summed E-state index contributed by atoms with van der Waals surface area (Å²) in [6.45, 7) is 2.19. The number of para-hydroxylation sites is 3. The van der Waals surface area contributed by atoms with Crippen LogP contribution in [0.1, 0.15) is 11.4 Å². The number of carbonyl (C=O) groups excluding carboxylic acids is 1. The smallest absolute Gasteiger partial charge is 0.238 e. The Morgan fingerprint density at radius 2 is 1.68 bits per heavy atom. The zero-order valence-electron chi connectivity index (χ0n) is 18.7. The van der Waals surface area contributed by atoms with Crippen LogP contribution in [0.4, 0.5) is 5.69 Å². The second-order valence-electron chi connectivity index (χ2n) is 7.39. The Hall–Kier alpha value is -4.09. The van der Waals surface area contributed by atoms with E-state index in [-0.39, 0.29) is 24.8 Å². The lowest BCUT2D eigenvalue weighted by Crippen LogP contribution is -2.32. The molecule has 0 saturated heterocycles. The van der Waals surface area contributed by atoms with E-state index in [9.17, 15) is 10.1 Å². The lowest BCUT2D eigenvalue weighted by Gasteiger charge is -2.19. The number of anilines is 1. The maximum atomic E-state index is 13.0. The average molecular weight is 470 g/mol. The van der Waals surface area contributed by atoms with Gasteiger partial charge in [-0.05, 0) is 42.8 Å². The quantitative estimate of drug-likeness (QED) is 0.259. The Morgan fingerprint density at radius 3 is 2.38 bits per heavy atom. The number of rotatable bonds is 9. The molecule has 7 nitrogen and oxygen atoms in total. The second-order valence-corrected chi connectivity index (χ2v) is 8.33. The van der Waals surface area contributed by atoms with Gasteiger partial charge in [0.15, 0.2) is 11.0 Å². The van der Waals surface area contributed by atoms with Crippen molar-refractivity contribution in [1.82, 2.24) is 14.8 Å². The van der Waals surface area contributed by atoms with Gasteiger partial charge in [-0.2, -0.15) is 5.26 Å². The molecule has 3 aromatic carbocycles. The van der Waals surface area contributed by atoms with E-state index in [0.717, 1.165) is 17.0 Å². The molecular formula is C26H23N5O2S. The van der Waals surface area contributed by atoms with Crippen LogP contribution in [0, 0.1) is 18.3 Å². The molecule has 4 rings (SSSR count). The molecule has 4 aromatic rings. The topological polar surface area (TPSA) is 84.0 Å². The molecule has 0 atom stereocenters. The zero-order valence-corrected chi connectivity index (χ0v) is 19.5. The van der Waals surface area contributed by atoms with Crippen molar-refractivity contribution in [3.05, 3.63) is 96.3 Å². The number of aromatic nitrogens is 3. The van der Waals surface area contributed by atoms with Crippen LogP contribution < -0.4 is 9.64 Å². The third kappa shape index (κ3) is 5.45. The molecule has 0 aliphatic carbocycles. The lowest BCUT2D eigenvalue weighted by molar-refractivity contribution is -0.116. The highest BCUT2D eigenvalue weighted by Crippen LogP contribution is 2.25. The molecule has 0 N–H and O–H groups in total. The Morgan fingerprint density at radius 1 is 1.00 bits per heavy atom. The number of hydrogen-bond acceptors (Lipinski definition) is 6. The number of amides is 1. The van der Waals surface area contributed by atoms with Gasteiger partial charge in [-0.1, -0.05) is 66.4 Å². The van der Waals surface area contributed by atoms with Crippen LogP contribution in [0.3, 0.4) is 0 Å². The minimum absolute atomic E-state index is 0.0235. The van der Waals surface area contributed by atoms with Gasteiger partial charge in [-0.3, -0.25) is 14.3 Å². The summed E-state index contributed by atoms with van der Waals surface area (Å²) in [5, 5.41) is 18.5. The summed E-state index contributed by atoms with van der Waals surface area (Å²) in [4.78, 5) is 14.5. The normalized spacial score (nSPS) is 10.5. The maximum absolute atomic E-state index is 13.0. The fourth-order valence-corrected chi connectivity index (χ4v) is 4.24. The van der Waals surface area contributed by atoms with Crippen molar-refractivity contribution in [1.29, 1.82) is 5.26 Å². The van der Waals surface area contributed by atoms with E-state index in [1.807, 2.05) is 96.4 Å². The monoisotopic (exact) mass is 469 g/mol. The summed E-state index contributed by atoms with van der Waals surface area (Å²) >= 11 is 1.28. The number of benzene rings is 3. The van der Waals surface area contributed by atoms with E-state index in [4.69, 9.17) is 4.74 Å². The molecule has 0 unspecified atom stereocenters. The van der Waals surface area contributed by atoms with E-state index in [0.29, 0.717) is 16.7 Å². The van der Waals surface area contributed by atoms with Crippen molar-refractivity contribution in [2.24, 2.45) is 0 Å². The van der Waals surface area contributed by atoms with Crippen molar-refractivity contribution in [2.45, 2.75) is 18.7 Å². The average Bonchev–Trinajstić information content (AvgIpc) is 3.29. The van der Waals surface area contributed by atoms with Gasteiger partial charge in [0, 0.05) is 11.4 Å². The van der Waals surface area contributed by atoms with Gasteiger partial charge in [-0.25, -0.2) is 0 Å². The van der Waals surface area contributed by atoms with Gasteiger partial charge in [-0.15, -0.1) is 10.2 Å². The Balaban J connectivity index is 1.55. The van der Waals surface area contributed by atoms with Crippen LogP contribution >= 0.6 is 11.8 Å². The molecular weight excluding hydrogens is 446 g/mol. The lowest BCUT2D eigenvalue weighted by atomic mass is 10.2. The van der Waals surface area contributed by atoms with Crippen molar-refractivity contribution in [3.63, 3.8) is 0 Å². The molecule has 0 spiro atoms. The van der Waals surface area contributed by atoms with Crippen LogP contribution in [-0.2, 0) is 11.4 Å². The molecule has 0 aliphatic heterocycles.